The molecular weight excluding hydrogens is 372 g/mol. The Balaban J connectivity index is 2.28. The van der Waals surface area contributed by atoms with Crippen LogP contribution in [0.4, 0.5) is 11.4 Å². The molecule has 0 aliphatic heterocycles. The molecule has 3 N–H and O–H groups in total. The number of Topliss-reactive ketones (excluding diaryl/α,β-unsaturated/α-hetero) is 1. The van der Waals surface area contributed by atoms with Crippen LogP contribution in [0.25, 0.3) is 0 Å². The minimum atomic E-state index is -0.455. The second kappa shape index (κ2) is 14.5. The van der Waals surface area contributed by atoms with Crippen molar-refractivity contribution in [2.24, 2.45) is 0 Å². The van der Waals surface area contributed by atoms with Gasteiger partial charge < -0.3 is 16.0 Å². The number of ketones is 1. The zero-order chi connectivity index (χ0) is 21.5. The molecule has 0 heterocycles. The lowest BCUT2D eigenvalue weighted by Crippen LogP contribution is -2.34. The Morgan fingerprint density at radius 3 is 2.38 bits per heavy atom. The molecule has 0 radical (unpaired) electrons. The summed E-state index contributed by atoms with van der Waals surface area (Å²) in [5, 5.41) is 20.4. The molecule has 8 nitrogen and oxygen atoms in total. The number of nitro benzene ring substituents is 1. The van der Waals surface area contributed by atoms with Crippen LogP contribution >= 0.6 is 0 Å². The van der Waals surface area contributed by atoms with Gasteiger partial charge in [0.25, 0.3) is 5.69 Å². The van der Waals surface area contributed by atoms with Crippen LogP contribution < -0.4 is 16.0 Å². The van der Waals surface area contributed by atoms with Crippen molar-refractivity contribution >= 4 is 23.1 Å². The quantitative estimate of drug-likeness (QED) is 0.167. The van der Waals surface area contributed by atoms with Crippen molar-refractivity contribution in [3.63, 3.8) is 0 Å². The predicted octanol–water partition coefficient (Wildman–Crippen LogP) is 3.67. The number of rotatable bonds is 16. The summed E-state index contributed by atoms with van der Waals surface area (Å²) in [6.45, 7) is 6.45. The SMILES string of the molecule is CCCNCC(=O)NCCCCCCNc1ccc(C(=O)CCC)cc1[N+](=O)[O-]. The van der Waals surface area contributed by atoms with Gasteiger partial charge in [0.2, 0.25) is 5.91 Å². The number of carbonyl (C=O) groups is 2. The number of hydrogen-bond donors (Lipinski definition) is 3. The van der Waals surface area contributed by atoms with Gasteiger partial charge in [-0.1, -0.05) is 26.7 Å². The zero-order valence-corrected chi connectivity index (χ0v) is 17.6. The van der Waals surface area contributed by atoms with Gasteiger partial charge in [0.15, 0.2) is 5.78 Å². The fraction of sp³-hybridized carbons (Fsp3) is 0.619. The van der Waals surface area contributed by atoms with Gasteiger partial charge in [-0.3, -0.25) is 19.7 Å². The average molecular weight is 407 g/mol. The first-order chi connectivity index (χ1) is 14.0. The third-order valence-corrected chi connectivity index (χ3v) is 4.45. The van der Waals surface area contributed by atoms with Crippen molar-refractivity contribution < 1.29 is 14.5 Å². The average Bonchev–Trinajstić information content (AvgIpc) is 2.70. The fourth-order valence-corrected chi connectivity index (χ4v) is 2.87. The number of hydrogen-bond acceptors (Lipinski definition) is 6. The summed E-state index contributed by atoms with van der Waals surface area (Å²) < 4.78 is 0. The highest BCUT2D eigenvalue weighted by Crippen LogP contribution is 2.26. The number of benzene rings is 1. The highest BCUT2D eigenvalue weighted by atomic mass is 16.6. The summed E-state index contributed by atoms with van der Waals surface area (Å²) in [5.41, 5.74) is 0.761. The van der Waals surface area contributed by atoms with Gasteiger partial charge in [-0.05, 0) is 44.4 Å². The molecule has 0 atom stereocenters. The fourth-order valence-electron chi connectivity index (χ4n) is 2.87. The molecule has 1 aromatic rings. The molecule has 8 heteroatoms. The molecule has 29 heavy (non-hydrogen) atoms. The maximum atomic E-state index is 12.0. The molecule has 0 aliphatic rings. The molecule has 0 aliphatic carbocycles. The van der Waals surface area contributed by atoms with Gasteiger partial charge in [0, 0.05) is 31.1 Å². The molecule has 0 spiro atoms. The molecule has 0 saturated carbocycles. The first-order valence-corrected chi connectivity index (χ1v) is 10.5. The number of amides is 1. The van der Waals surface area contributed by atoms with Crippen LogP contribution in [0.15, 0.2) is 18.2 Å². The number of unbranched alkanes of at least 4 members (excludes halogenated alkanes) is 3. The molecule has 1 amide bonds. The van der Waals surface area contributed by atoms with Gasteiger partial charge in [0.1, 0.15) is 5.69 Å². The first-order valence-electron chi connectivity index (χ1n) is 10.5. The van der Waals surface area contributed by atoms with Crippen molar-refractivity contribution in [2.75, 3.05) is 31.5 Å². The van der Waals surface area contributed by atoms with E-state index < -0.39 is 4.92 Å². The summed E-state index contributed by atoms with van der Waals surface area (Å²) in [5.74, 6) is -0.0522. The third kappa shape index (κ3) is 10.0. The van der Waals surface area contributed by atoms with E-state index in [2.05, 4.69) is 22.9 Å². The van der Waals surface area contributed by atoms with E-state index in [0.29, 0.717) is 43.7 Å². The van der Waals surface area contributed by atoms with Gasteiger partial charge in [0.05, 0.1) is 11.5 Å². The molecule has 1 rings (SSSR count). The zero-order valence-electron chi connectivity index (χ0n) is 17.6. The van der Waals surface area contributed by atoms with Crippen LogP contribution in [0.5, 0.6) is 0 Å². The van der Waals surface area contributed by atoms with Crippen LogP contribution in [0.2, 0.25) is 0 Å². The lowest BCUT2D eigenvalue weighted by molar-refractivity contribution is -0.384. The number of anilines is 1. The van der Waals surface area contributed by atoms with Crippen LogP contribution in [-0.2, 0) is 4.79 Å². The number of nitrogens with zero attached hydrogens (tertiary/aromatic N) is 1. The molecule has 1 aromatic carbocycles. The Kier molecular flexibility index (Phi) is 12.3. The third-order valence-electron chi connectivity index (χ3n) is 4.45. The molecule has 0 saturated heterocycles. The number of nitrogens with one attached hydrogen (secondary N) is 3. The van der Waals surface area contributed by atoms with E-state index in [1.165, 1.54) is 6.07 Å². The topological polar surface area (TPSA) is 113 Å². The lowest BCUT2D eigenvalue weighted by atomic mass is 10.1. The minimum Gasteiger partial charge on any atom is -0.379 e. The Hall–Kier alpha value is -2.48. The summed E-state index contributed by atoms with van der Waals surface area (Å²) in [6.07, 6.45) is 5.85. The van der Waals surface area contributed by atoms with E-state index in [-0.39, 0.29) is 17.4 Å². The van der Waals surface area contributed by atoms with Crippen LogP contribution in [0, 0.1) is 10.1 Å². The van der Waals surface area contributed by atoms with Crippen molar-refractivity contribution in [2.45, 2.75) is 58.8 Å². The highest BCUT2D eigenvalue weighted by molar-refractivity contribution is 5.97. The van der Waals surface area contributed by atoms with E-state index in [0.717, 1.165) is 38.6 Å². The summed E-state index contributed by atoms with van der Waals surface area (Å²) >= 11 is 0. The molecule has 0 aromatic heterocycles. The molecule has 0 unspecified atom stereocenters. The molecule has 162 valence electrons. The molecule has 0 fully saturated rings. The standard InChI is InChI=1S/C21H34N4O4/c1-3-9-20(26)17-10-11-18(19(15-17)25(28)29)23-13-7-5-6-8-14-24-21(27)16-22-12-4-2/h10-11,15,22-23H,3-9,12-14,16H2,1-2H3,(H,24,27). The maximum absolute atomic E-state index is 12.0. The summed E-state index contributed by atoms with van der Waals surface area (Å²) in [6, 6.07) is 4.62. The largest absolute Gasteiger partial charge is 0.379 e. The molecule has 0 bridgehead atoms. The van der Waals surface area contributed by atoms with Gasteiger partial charge in [-0.15, -0.1) is 0 Å². The Bertz CT molecular complexity index is 664. The Labute approximate surface area is 173 Å². The predicted molar refractivity (Wildman–Crippen MR) is 115 cm³/mol. The molecular formula is C21H34N4O4. The van der Waals surface area contributed by atoms with E-state index >= 15 is 0 Å². The summed E-state index contributed by atoms with van der Waals surface area (Å²) in [7, 11) is 0. The van der Waals surface area contributed by atoms with E-state index in [1.54, 1.807) is 12.1 Å². The van der Waals surface area contributed by atoms with Crippen LogP contribution in [0.1, 0.15) is 69.2 Å². The number of nitro groups is 1. The highest BCUT2D eigenvalue weighted by Gasteiger charge is 2.17. The van der Waals surface area contributed by atoms with E-state index in [1.807, 2.05) is 6.92 Å². The van der Waals surface area contributed by atoms with Gasteiger partial charge >= 0.3 is 0 Å². The monoisotopic (exact) mass is 406 g/mol. The normalized spacial score (nSPS) is 10.6. The second-order valence-electron chi connectivity index (χ2n) is 7.03. The van der Waals surface area contributed by atoms with Crippen molar-refractivity contribution in [1.82, 2.24) is 10.6 Å². The van der Waals surface area contributed by atoms with Crippen molar-refractivity contribution in [3.8, 4) is 0 Å². The minimum absolute atomic E-state index is 0.0216. The first kappa shape index (κ1) is 24.6. The Morgan fingerprint density at radius 2 is 1.72 bits per heavy atom. The maximum Gasteiger partial charge on any atom is 0.293 e. The van der Waals surface area contributed by atoms with Crippen molar-refractivity contribution in [1.29, 1.82) is 0 Å². The van der Waals surface area contributed by atoms with Gasteiger partial charge in [-0.25, -0.2) is 0 Å². The van der Waals surface area contributed by atoms with Crippen LogP contribution in [-0.4, -0.2) is 42.8 Å². The van der Waals surface area contributed by atoms with E-state index in [4.69, 9.17) is 0 Å². The van der Waals surface area contributed by atoms with E-state index in [9.17, 15) is 19.7 Å². The van der Waals surface area contributed by atoms with Gasteiger partial charge in [-0.2, -0.15) is 0 Å². The number of carbonyl (C=O) groups excluding carboxylic acids is 2. The van der Waals surface area contributed by atoms with Crippen molar-refractivity contribution in [3.05, 3.63) is 33.9 Å². The van der Waals surface area contributed by atoms with Crippen LogP contribution in [0.3, 0.4) is 0 Å². The Morgan fingerprint density at radius 1 is 1.00 bits per heavy atom. The smallest absolute Gasteiger partial charge is 0.293 e. The second-order valence-corrected chi connectivity index (χ2v) is 7.03. The summed E-state index contributed by atoms with van der Waals surface area (Å²) in [4.78, 5) is 34.4. The lowest BCUT2D eigenvalue weighted by Gasteiger charge is -2.09.